The molecule has 0 aliphatic heterocycles. The van der Waals surface area contributed by atoms with E-state index in [4.69, 9.17) is 4.74 Å². The summed E-state index contributed by atoms with van der Waals surface area (Å²) in [6.45, 7) is 17.6. The molecule has 1 aliphatic rings. The second kappa shape index (κ2) is 4.52. The second-order valence-corrected chi connectivity index (χ2v) is 7.66. The van der Waals surface area contributed by atoms with Crippen LogP contribution in [-0.2, 0) is 9.53 Å². The predicted molar refractivity (Wildman–Crippen MR) is 74.4 cm³/mol. The molecular weight excluding hydrogens is 226 g/mol. The van der Waals surface area contributed by atoms with E-state index in [0.29, 0.717) is 16.7 Å². The third-order valence-electron chi connectivity index (χ3n) is 4.71. The molecule has 0 amide bonds. The Kier molecular flexibility index (Phi) is 3.89. The Labute approximate surface area is 112 Å². The van der Waals surface area contributed by atoms with Crippen LogP contribution in [0.2, 0.25) is 0 Å². The second-order valence-electron chi connectivity index (χ2n) is 7.66. The summed E-state index contributed by atoms with van der Waals surface area (Å²) in [5.41, 5.74) is 0.298. The van der Waals surface area contributed by atoms with Gasteiger partial charge < -0.3 is 10.1 Å². The lowest BCUT2D eigenvalue weighted by Crippen LogP contribution is -2.40. The number of carbonyl (C=O) groups is 1. The number of ether oxygens (including phenoxy) is 1. The van der Waals surface area contributed by atoms with Gasteiger partial charge in [0, 0.05) is 0 Å². The van der Waals surface area contributed by atoms with Crippen molar-refractivity contribution in [2.24, 2.45) is 16.7 Å². The van der Waals surface area contributed by atoms with Crippen LogP contribution in [0.5, 0.6) is 0 Å². The summed E-state index contributed by atoms with van der Waals surface area (Å²) in [5.74, 6) is 0.452. The Bertz CT molecular complexity index is 312. The third-order valence-corrected chi connectivity index (χ3v) is 4.71. The largest absolute Gasteiger partial charge is 0.459 e. The van der Waals surface area contributed by atoms with Gasteiger partial charge in [0.25, 0.3) is 0 Å². The summed E-state index contributed by atoms with van der Waals surface area (Å²) in [4.78, 5) is 11.8. The SMILES string of the molecule is CC(NCC1C(C)(C)C1(C)C)C(=O)OC(C)(C)C. The van der Waals surface area contributed by atoms with Crippen LogP contribution in [0.4, 0.5) is 0 Å². The molecule has 3 nitrogen and oxygen atoms in total. The first-order valence-corrected chi connectivity index (χ1v) is 6.86. The molecule has 0 saturated heterocycles. The molecule has 0 heterocycles. The third kappa shape index (κ3) is 3.05. The van der Waals surface area contributed by atoms with Gasteiger partial charge in [-0.2, -0.15) is 0 Å². The first-order chi connectivity index (χ1) is 7.89. The highest BCUT2D eigenvalue weighted by atomic mass is 16.6. The van der Waals surface area contributed by atoms with Crippen LogP contribution in [-0.4, -0.2) is 24.2 Å². The van der Waals surface area contributed by atoms with E-state index in [9.17, 15) is 4.79 Å². The van der Waals surface area contributed by atoms with Gasteiger partial charge in [0.2, 0.25) is 0 Å². The maximum atomic E-state index is 11.8. The lowest BCUT2D eigenvalue weighted by Gasteiger charge is -2.23. The Hall–Kier alpha value is -0.570. The lowest BCUT2D eigenvalue weighted by molar-refractivity contribution is -0.157. The molecular formula is C15H29NO2. The molecule has 0 radical (unpaired) electrons. The molecule has 1 N–H and O–H groups in total. The zero-order chi connectivity index (χ0) is 14.4. The highest BCUT2D eigenvalue weighted by Crippen LogP contribution is 2.67. The maximum absolute atomic E-state index is 11.8. The van der Waals surface area contributed by atoms with Crippen molar-refractivity contribution in [3.05, 3.63) is 0 Å². The molecule has 3 heteroatoms. The fourth-order valence-electron chi connectivity index (χ4n) is 2.61. The molecule has 1 atom stereocenters. The van der Waals surface area contributed by atoms with E-state index in [2.05, 4.69) is 33.0 Å². The average Bonchev–Trinajstić information content (AvgIpc) is 2.51. The summed E-state index contributed by atoms with van der Waals surface area (Å²) < 4.78 is 5.35. The van der Waals surface area contributed by atoms with Crippen molar-refractivity contribution in [1.29, 1.82) is 0 Å². The molecule has 0 aromatic heterocycles. The first-order valence-electron chi connectivity index (χ1n) is 6.86. The topological polar surface area (TPSA) is 38.3 Å². The summed E-state index contributed by atoms with van der Waals surface area (Å²) in [6.07, 6.45) is 0. The average molecular weight is 255 g/mol. The van der Waals surface area contributed by atoms with Gasteiger partial charge in [0.05, 0.1) is 0 Å². The quantitative estimate of drug-likeness (QED) is 0.785. The summed E-state index contributed by atoms with van der Waals surface area (Å²) in [7, 11) is 0. The van der Waals surface area contributed by atoms with E-state index in [0.717, 1.165) is 6.54 Å². The predicted octanol–water partition coefficient (Wildman–Crippen LogP) is 2.99. The normalized spacial score (nSPS) is 23.6. The molecule has 0 aromatic carbocycles. The fourth-order valence-corrected chi connectivity index (χ4v) is 2.61. The van der Waals surface area contributed by atoms with Gasteiger partial charge >= 0.3 is 5.97 Å². The fraction of sp³-hybridized carbons (Fsp3) is 0.933. The number of esters is 1. The molecule has 0 aromatic rings. The van der Waals surface area contributed by atoms with Crippen molar-refractivity contribution < 1.29 is 9.53 Å². The number of nitrogens with one attached hydrogen (secondary N) is 1. The van der Waals surface area contributed by atoms with E-state index in [1.54, 1.807) is 0 Å². The van der Waals surface area contributed by atoms with Crippen LogP contribution < -0.4 is 5.32 Å². The van der Waals surface area contributed by atoms with Crippen LogP contribution in [0.25, 0.3) is 0 Å². The van der Waals surface area contributed by atoms with Crippen LogP contribution in [0.1, 0.15) is 55.4 Å². The number of hydrogen-bond acceptors (Lipinski definition) is 3. The van der Waals surface area contributed by atoms with Gasteiger partial charge in [-0.05, 0) is 51.0 Å². The van der Waals surface area contributed by atoms with Crippen LogP contribution in [0.3, 0.4) is 0 Å². The van der Waals surface area contributed by atoms with Crippen molar-refractivity contribution in [2.75, 3.05) is 6.54 Å². The molecule has 1 fully saturated rings. The summed E-state index contributed by atoms with van der Waals surface area (Å²) >= 11 is 0. The minimum atomic E-state index is -0.412. The Morgan fingerprint density at radius 2 is 1.67 bits per heavy atom. The maximum Gasteiger partial charge on any atom is 0.323 e. The summed E-state index contributed by atoms with van der Waals surface area (Å²) in [5, 5.41) is 3.30. The highest BCUT2D eigenvalue weighted by molar-refractivity contribution is 5.75. The van der Waals surface area contributed by atoms with Crippen molar-refractivity contribution in [2.45, 2.75) is 67.0 Å². The molecule has 0 spiro atoms. The van der Waals surface area contributed by atoms with E-state index in [1.807, 2.05) is 27.7 Å². The lowest BCUT2D eigenvalue weighted by atomic mass is 10.0. The van der Waals surface area contributed by atoms with Gasteiger partial charge in [-0.15, -0.1) is 0 Å². The van der Waals surface area contributed by atoms with Crippen molar-refractivity contribution in [3.63, 3.8) is 0 Å². The van der Waals surface area contributed by atoms with Crippen LogP contribution in [0, 0.1) is 16.7 Å². The zero-order valence-electron chi connectivity index (χ0n) is 13.2. The van der Waals surface area contributed by atoms with Gasteiger partial charge in [-0.1, -0.05) is 27.7 Å². The monoisotopic (exact) mass is 255 g/mol. The van der Waals surface area contributed by atoms with E-state index < -0.39 is 5.60 Å². The number of rotatable bonds is 4. The molecule has 1 rings (SSSR count). The molecule has 1 saturated carbocycles. The van der Waals surface area contributed by atoms with E-state index in [-0.39, 0.29) is 12.0 Å². The number of hydrogen-bond donors (Lipinski definition) is 1. The Balaban J connectivity index is 2.40. The van der Waals surface area contributed by atoms with Crippen LogP contribution in [0.15, 0.2) is 0 Å². The molecule has 1 aliphatic carbocycles. The molecule has 0 bridgehead atoms. The molecule has 18 heavy (non-hydrogen) atoms. The van der Waals surface area contributed by atoms with Crippen molar-refractivity contribution in [1.82, 2.24) is 5.32 Å². The van der Waals surface area contributed by atoms with Gasteiger partial charge in [-0.3, -0.25) is 4.79 Å². The molecule has 1 unspecified atom stereocenters. The Morgan fingerprint density at radius 3 is 2.00 bits per heavy atom. The first kappa shape index (κ1) is 15.5. The van der Waals surface area contributed by atoms with E-state index >= 15 is 0 Å². The summed E-state index contributed by atoms with van der Waals surface area (Å²) in [6, 6.07) is -0.239. The Morgan fingerprint density at radius 1 is 1.22 bits per heavy atom. The van der Waals surface area contributed by atoms with Gasteiger partial charge in [0.15, 0.2) is 0 Å². The highest BCUT2D eigenvalue weighted by Gasteiger charge is 2.63. The minimum absolute atomic E-state index is 0.168. The van der Waals surface area contributed by atoms with Gasteiger partial charge in [0.1, 0.15) is 11.6 Å². The molecule has 106 valence electrons. The van der Waals surface area contributed by atoms with Crippen molar-refractivity contribution in [3.8, 4) is 0 Å². The van der Waals surface area contributed by atoms with Crippen molar-refractivity contribution >= 4 is 5.97 Å². The van der Waals surface area contributed by atoms with Gasteiger partial charge in [-0.25, -0.2) is 0 Å². The smallest absolute Gasteiger partial charge is 0.323 e. The minimum Gasteiger partial charge on any atom is -0.459 e. The zero-order valence-corrected chi connectivity index (χ0v) is 13.2. The van der Waals surface area contributed by atoms with E-state index in [1.165, 1.54) is 0 Å². The standard InChI is InChI=1S/C15H29NO2/c1-10(12(17)18-13(2,3)4)16-9-11-14(5,6)15(11,7)8/h10-11,16H,9H2,1-8H3. The van der Waals surface area contributed by atoms with Crippen LogP contribution >= 0.6 is 0 Å². The number of carbonyl (C=O) groups excluding carboxylic acids is 1.